The lowest BCUT2D eigenvalue weighted by molar-refractivity contribution is -0.119. The van der Waals surface area contributed by atoms with E-state index in [4.69, 9.17) is 0 Å². The fourth-order valence-electron chi connectivity index (χ4n) is 6.66. The van der Waals surface area contributed by atoms with E-state index in [2.05, 4.69) is 101 Å². The maximum Gasteiger partial charge on any atom is 0.258 e. The summed E-state index contributed by atoms with van der Waals surface area (Å²) in [5.41, 5.74) is 7.92. The predicted molar refractivity (Wildman–Crippen MR) is 175 cm³/mol. The Hall–Kier alpha value is -5.42. The molecule has 0 fully saturated rings. The van der Waals surface area contributed by atoms with Crippen molar-refractivity contribution in [3.05, 3.63) is 127 Å². The molecule has 3 heterocycles. The molecule has 0 spiro atoms. The van der Waals surface area contributed by atoms with E-state index >= 15 is 0 Å². The molecule has 2 amide bonds. The molecule has 5 nitrogen and oxygen atoms in total. The van der Waals surface area contributed by atoms with Crippen LogP contribution in [-0.2, 0) is 16.0 Å². The third-order valence-corrected chi connectivity index (χ3v) is 8.61. The van der Waals surface area contributed by atoms with Gasteiger partial charge in [-0.15, -0.1) is 0 Å². The minimum Gasteiger partial charge on any atom is -0.309 e. The van der Waals surface area contributed by atoms with Gasteiger partial charge in [0.15, 0.2) is 0 Å². The number of carbonyl (C=O) groups is 2. The lowest BCUT2D eigenvalue weighted by Crippen LogP contribution is -2.29. The molecule has 2 aromatic heterocycles. The lowest BCUT2D eigenvalue weighted by atomic mass is 10.0. The molecular formula is C38H29N3O2. The number of anilines is 1. The van der Waals surface area contributed by atoms with Crippen LogP contribution in [0, 0.1) is 0 Å². The van der Waals surface area contributed by atoms with E-state index < -0.39 is 0 Å². The molecule has 0 N–H and O–H groups in total. The fourth-order valence-corrected chi connectivity index (χ4v) is 6.66. The monoisotopic (exact) mass is 559 g/mol. The first-order valence-corrected chi connectivity index (χ1v) is 14.8. The van der Waals surface area contributed by atoms with E-state index in [1.807, 2.05) is 24.3 Å². The number of rotatable bonds is 6. The van der Waals surface area contributed by atoms with E-state index in [-0.39, 0.29) is 11.8 Å². The van der Waals surface area contributed by atoms with Gasteiger partial charge in [0.05, 0.1) is 39.1 Å². The van der Waals surface area contributed by atoms with Gasteiger partial charge in [0.1, 0.15) is 0 Å². The van der Waals surface area contributed by atoms with Crippen LogP contribution in [-0.4, -0.2) is 20.9 Å². The van der Waals surface area contributed by atoms with E-state index in [1.165, 1.54) is 33.4 Å². The molecular weight excluding hydrogens is 530 g/mol. The summed E-state index contributed by atoms with van der Waals surface area (Å²) in [6.45, 7) is 2.22. The molecule has 0 bridgehead atoms. The molecule has 0 saturated heterocycles. The fraction of sp³-hybridized carbons (Fsp3) is 0.105. The van der Waals surface area contributed by atoms with Gasteiger partial charge in [0, 0.05) is 33.7 Å². The number of para-hydroxylation sites is 3. The Morgan fingerprint density at radius 2 is 0.977 bits per heavy atom. The van der Waals surface area contributed by atoms with Crippen molar-refractivity contribution in [2.24, 2.45) is 0 Å². The van der Waals surface area contributed by atoms with Crippen LogP contribution in [0.3, 0.4) is 0 Å². The van der Waals surface area contributed by atoms with Crippen LogP contribution < -0.4 is 4.90 Å². The maximum atomic E-state index is 13.0. The van der Waals surface area contributed by atoms with Gasteiger partial charge in [0.25, 0.3) is 11.8 Å². The zero-order chi connectivity index (χ0) is 29.1. The summed E-state index contributed by atoms with van der Waals surface area (Å²) >= 11 is 0. The SMILES string of the molecule is CCCCc1ccc2c(c1)c1ccccc1n2-c1cc(N2C(=O)C=CC2=O)cc(-n2c3ccccc3c3ccccc32)c1. The number of aromatic nitrogens is 2. The lowest BCUT2D eigenvalue weighted by Gasteiger charge is -2.19. The number of hydrogen-bond donors (Lipinski definition) is 0. The highest BCUT2D eigenvalue weighted by Crippen LogP contribution is 2.38. The number of fused-ring (bicyclic) bond motifs is 6. The summed E-state index contributed by atoms with van der Waals surface area (Å²) in [5.74, 6) is -0.670. The number of aryl methyl sites for hydroxylation is 1. The van der Waals surface area contributed by atoms with Crippen molar-refractivity contribution in [2.75, 3.05) is 4.90 Å². The Balaban J connectivity index is 1.45. The Kier molecular flexibility index (Phi) is 5.79. The smallest absolute Gasteiger partial charge is 0.258 e. The maximum absolute atomic E-state index is 13.0. The van der Waals surface area contributed by atoms with Gasteiger partial charge in [-0.05, 0) is 66.9 Å². The highest BCUT2D eigenvalue weighted by atomic mass is 16.2. The minimum absolute atomic E-state index is 0.335. The minimum atomic E-state index is -0.335. The standard InChI is InChI=1S/C38H29N3O2/c1-2-3-10-25-17-18-36-32(21-25)31-13-6-9-16-35(31)40(36)27-22-26(23-28(24-27)41-37(42)19-20-38(41)43)39-33-14-7-4-11-29(33)30-12-5-8-15-34(30)39/h4-9,11-24H,2-3,10H2,1H3. The molecule has 0 atom stereocenters. The second-order valence-electron chi connectivity index (χ2n) is 11.2. The molecule has 8 rings (SSSR count). The third-order valence-electron chi connectivity index (χ3n) is 8.61. The van der Waals surface area contributed by atoms with Gasteiger partial charge in [0.2, 0.25) is 0 Å². The number of benzene rings is 5. The van der Waals surface area contributed by atoms with Crippen molar-refractivity contribution < 1.29 is 9.59 Å². The molecule has 1 aliphatic rings. The van der Waals surface area contributed by atoms with Gasteiger partial charge >= 0.3 is 0 Å². The molecule has 0 saturated carbocycles. The molecule has 0 aliphatic carbocycles. The highest BCUT2D eigenvalue weighted by molar-refractivity contribution is 6.28. The summed E-state index contributed by atoms with van der Waals surface area (Å²) in [5, 5.41) is 4.67. The van der Waals surface area contributed by atoms with Crippen molar-refractivity contribution in [1.29, 1.82) is 0 Å². The van der Waals surface area contributed by atoms with Gasteiger partial charge < -0.3 is 9.13 Å². The number of nitrogens with zero attached hydrogens (tertiary/aromatic N) is 3. The van der Waals surface area contributed by atoms with Crippen LogP contribution >= 0.6 is 0 Å². The number of amides is 2. The highest BCUT2D eigenvalue weighted by Gasteiger charge is 2.27. The molecule has 43 heavy (non-hydrogen) atoms. The first-order chi connectivity index (χ1) is 21.1. The molecule has 0 radical (unpaired) electrons. The van der Waals surface area contributed by atoms with Crippen molar-refractivity contribution in [3.8, 4) is 11.4 Å². The molecule has 1 aliphatic heterocycles. The van der Waals surface area contributed by atoms with Gasteiger partial charge in [-0.2, -0.15) is 0 Å². The average Bonchev–Trinajstić information content (AvgIpc) is 3.68. The summed E-state index contributed by atoms with van der Waals surface area (Å²) in [6.07, 6.45) is 6.04. The van der Waals surface area contributed by atoms with Crippen LogP contribution in [0.1, 0.15) is 25.3 Å². The summed E-state index contributed by atoms with van der Waals surface area (Å²) < 4.78 is 4.49. The second kappa shape index (κ2) is 9.85. The zero-order valence-corrected chi connectivity index (χ0v) is 23.8. The van der Waals surface area contributed by atoms with E-state index in [9.17, 15) is 9.59 Å². The summed E-state index contributed by atoms with van der Waals surface area (Å²) in [6, 6.07) is 38.0. The Labute approximate surface area is 248 Å². The van der Waals surface area contributed by atoms with Gasteiger partial charge in [-0.3, -0.25) is 9.59 Å². The van der Waals surface area contributed by atoms with Gasteiger partial charge in [-0.25, -0.2) is 4.90 Å². The number of hydrogen-bond acceptors (Lipinski definition) is 2. The number of imide groups is 1. The van der Waals surface area contributed by atoms with Crippen LogP contribution in [0.5, 0.6) is 0 Å². The molecule has 0 unspecified atom stereocenters. The Bertz CT molecular complexity index is 2210. The van der Waals surface area contributed by atoms with Crippen molar-refractivity contribution in [2.45, 2.75) is 26.2 Å². The Morgan fingerprint density at radius 3 is 1.51 bits per heavy atom. The molecule has 5 heteroatoms. The van der Waals surface area contributed by atoms with Crippen LogP contribution in [0.4, 0.5) is 5.69 Å². The van der Waals surface area contributed by atoms with Crippen molar-refractivity contribution >= 4 is 61.1 Å². The summed E-state index contributed by atoms with van der Waals surface area (Å²) in [7, 11) is 0. The number of unbranched alkanes of at least 4 members (excludes halogenated alkanes) is 1. The summed E-state index contributed by atoms with van der Waals surface area (Å²) in [4.78, 5) is 27.2. The molecule has 5 aromatic carbocycles. The largest absolute Gasteiger partial charge is 0.309 e. The predicted octanol–water partition coefficient (Wildman–Crippen LogP) is 8.65. The van der Waals surface area contributed by atoms with Crippen molar-refractivity contribution in [3.63, 3.8) is 0 Å². The van der Waals surface area contributed by atoms with E-state index in [0.717, 1.165) is 63.5 Å². The van der Waals surface area contributed by atoms with Gasteiger partial charge in [-0.1, -0.05) is 74.0 Å². The van der Waals surface area contributed by atoms with Crippen LogP contribution in [0.15, 0.2) is 121 Å². The second-order valence-corrected chi connectivity index (χ2v) is 11.2. The first-order valence-electron chi connectivity index (χ1n) is 14.8. The molecule has 7 aromatic rings. The van der Waals surface area contributed by atoms with E-state index in [1.54, 1.807) is 0 Å². The normalized spacial score (nSPS) is 13.5. The quantitative estimate of drug-likeness (QED) is 0.191. The Morgan fingerprint density at radius 1 is 0.512 bits per heavy atom. The average molecular weight is 560 g/mol. The molecule has 208 valence electrons. The topological polar surface area (TPSA) is 47.2 Å². The van der Waals surface area contributed by atoms with Crippen LogP contribution in [0.25, 0.3) is 55.0 Å². The number of carbonyl (C=O) groups excluding carboxylic acids is 2. The zero-order valence-electron chi connectivity index (χ0n) is 23.8. The first kappa shape index (κ1) is 25.3. The van der Waals surface area contributed by atoms with E-state index in [0.29, 0.717) is 5.69 Å². The third kappa shape index (κ3) is 3.92. The van der Waals surface area contributed by atoms with Crippen molar-refractivity contribution in [1.82, 2.24) is 9.13 Å². The van der Waals surface area contributed by atoms with Crippen LogP contribution in [0.2, 0.25) is 0 Å².